The Kier molecular flexibility index (Phi) is 3.92. The smallest absolute Gasteiger partial charge is 0.390 e. The van der Waals surface area contributed by atoms with E-state index in [0.717, 1.165) is 37.9 Å². The Labute approximate surface area is 151 Å². The number of hydrogen-bond acceptors (Lipinski definition) is 2. The molecule has 1 atom stereocenters. The van der Waals surface area contributed by atoms with Crippen molar-refractivity contribution in [3.8, 4) is 0 Å². The number of hydrogen-bond donors (Lipinski definition) is 1. The van der Waals surface area contributed by atoms with Crippen LogP contribution in [0.15, 0.2) is 24.3 Å². The summed E-state index contributed by atoms with van der Waals surface area (Å²) in [6, 6.07) is 5.54. The van der Waals surface area contributed by atoms with Gasteiger partial charge < -0.3 is 10.0 Å². The summed E-state index contributed by atoms with van der Waals surface area (Å²) >= 11 is 0. The van der Waals surface area contributed by atoms with Crippen LogP contribution in [0.5, 0.6) is 0 Å². The molecule has 1 N–H and O–H groups in total. The fourth-order valence-corrected chi connectivity index (χ4v) is 5.08. The molecular weight excluding hydrogens is 343 g/mol. The molecule has 0 aromatic heterocycles. The van der Waals surface area contributed by atoms with Gasteiger partial charge in [0.1, 0.15) is 0 Å². The first kappa shape index (κ1) is 17.8. The van der Waals surface area contributed by atoms with Crippen LogP contribution in [0.2, 0.25) is 0 Å². The molecule has 1 saturated heterocycles. The van der Waals surface area contributed by atoms with Gasteiger partial charge in [0.05, 0.1) is 11.2 Å². The number of carbonyl (C=O) groups excluding carboxylic acids is 1. The number of amides is 1. The van der Waals surface area contributed by atoms with E-state index in [1.54, 1.807) is 19.1 Å². The molecule has 142 valence electrons. The number of halogens is 3. The molecule has 0 bridgehead atoms. The number of benzene rings is 1. The van der Waals surface area contributed by atoms with Crippen molar-refractivity contribution in [3.63, 3.8) is 0 Å². The molecular formula is C20H24F3NO2. The van der Waals surface area contributed by atoms with E-state index in [0.29, 0.717) is 12.8 Å². The number of nitrogens with zero attached hydrogens (tertiary/aromatic N) is 1. The number of carbonyl (C=O) groups is 1. The van der Waals surface area contributed by atoms with Crippen molar-refractivity contribution < 1.29 is 23.1 Å². The molecule has 26 heavy (non-hydrogen) atoms. The van der Waals surface area contributed by atoms with Gasteiger partial charge in [-0.2, -0.15) is 13.2 Å². The molecule has 0 radical (unpaired) electrons. The summed E-state index contributed by atoms with van der Waals surface area (Å²) in [4.78, 5) is 14.3. The van der Waals surface area contributed by atoms with Gasteiger partial charge in [-0.3, -0.25) is 4.79 Å². The summed E-state index contributed by atoms with van der Waals surface area (Å²) in [5.74, 6) is 0.383. The van der Waals surface area contributed by atoms with Crippen LogP contribution in [-0.4, -0.2) is 34.6 Å². The summed E-state index contributed by atoms with van der Waals surface area (Å²) < 4.78 is 38.1. The number of likely N-dealkylation sites (tertiary alicyclic amines) is 1. The lowest BCUT2D eigenvalue weighted by Crippen LogP contribution is -2.61. The maximum absolute atomic E-state index is 12.7. The second-order valence-electron chi connectivity index (χ2n) is 8.86. The zero-order chi connectivity index (χ0) is 18.7. The van der Waals surface area contributed by atoms with E-state index in [-0.39, 0.29) is 23.2 Å². The molecule has 2 aliphatic carbocycles. The monoisotopic (exact) mass is 367 g/mol. The molecule has 1 aliphatic heterocycles. The van der Waals surface area contributed by atoms with Crippen molar-refractivity contribution in [2.75, 3.05) is 13.1 Å². The van der Waals surface area contributed by atoms with Gasteiger partial charge in [0, 0.05) is 24.4 Å². The van der Waals surface area contributed by atoms with Gasteiger partial charge in [-0.1, -0.05) is 12.1 Å². The van der Waals surface area contributed by atoms with E-state index in [9.17, 15) is 23.1 Å². The summed E-state index contributed by atoms with van der Waals surface area (Å²) in [6.07, 6.45) is -0.287. The van der Waals surface area contributed by atoms with Crippen molar-refractivity contribution in [3.05, 3.63) is 35.4 Å². The lowest BCUT2D eigenvalue weighted by Gasteiger charge is -2.52. The van der Waals surface area contributed by atoms with Gasteiger partial charge in [-0.25, -0.2) is 0 Å². The minimum atomic E-state index is -4.30. The molecule has 0 unspecified atom stereocenters. The quantitative estimate of drug-likeness (QED) is 0.860. The highest BCUT2D eigenvalue weighted by Crippen LogP contribution is 2.53. The second-order valence-corrected chi connectivity index (χ2v) is 8.86. The van der Waals surface area contributed by atoms with Crippen molar-refractivity contribution in [2.24, 2.45) is 11.3 Å². The van der Waals surface area contributed by atoms with E-state index in [4.69, 9.17) is 0 Å². The fraction of sp³-hybridized carbons (Fsp3) is 0.650. The normalized spacial score (nSPS) is 33.0. The Hall–Kier alpha value is -1.56. The third-order valence-corrected chi connectivity index (χ3v) is 6.50. The summed E-state index contributed by atoms with van der Waals surface area (Å²) in [7, 11) is 0. The topological polar surface area (TPSA) is 40.5 Å². The summed E-state index contributed by atoms with van der Waals surface area (Å²) in [5.41, 5.74) is -0.195. The summed E-state index contributed by atoms with van der Waals surface area (Å²) in [5, 5.41) is 9.80. The molecule has 6 heteroatoms. The van der Waals surface area contributed by atoms with Crippen LogP contribution in [0, 0.1) is 11.3 Å². The maximum atomic E-state index is 12.7. The maximum Gasteiger partial charge on any atom is 0.416 e. The number of alkyl halides is 3. The third kappa shape index (κ3) is 3.13. The molecule has 2 saturated carbocycles. The van der Waals surface area contributed by atoms with Crippen LogP contribution in [-0.2, 0) is 11.0 Å². The van der Waals surface area contributed by atoms with E-state index < -0.39 is 17.3 Å². The van der Waals surface area contributed by atoms with Crippen LogP contribution in [0.1, 0.15) is 56.1 Å². The molecule has 1 heterocycles. The lowest BCUT2D eigenvalue weighted by molar-refractivity contribution is -0.161. The summed E-state index contributed by atoms with van der Waals surface area (Å²) in [6.45, 7) is 3.27. The zero-order valence-electron chi connectivity index (χ0n) is 14.9. The molecule has 1 aromatic rings. The predicted molar refractivity (Wildman–Crippen MR) is 90.4 cm³/mol. The van der Waals surface area contributed by atoms with Crippen LogP contribution in [0.25, 0.3) is 0 Å². The van der Waals surface area contributed by atoms with Gasteiger partial charge in [0.15, 0.2) is 0 Å². The van der Waals surface area contributed by atoms with Crippen molar-refractivity contribution >= 4 is 5.91 Å². The highest BCUT2D eigenvalue weighted by molar-refractivity contribution is 5.81. The van der Waals surface area contributed by atoms with E-state index in [1.165, 1.54) is 12.1 Å². The first-order chi connectivity index (χ1) is 12.1. The van der Waals surface area contributed by atoms with Gasteiger partial charge in [-0.05, 0) is 62.6 Å². The van der Waals surface area contributed by atoms with Crippen LogP contribution in [0.3, 0.4) is 0 Å². The molecule has 3 fully saturated rings. The Balaban J connectivity index is 1.33. The third-order valence-electron chi connectivity index (χ3n) is 6.50. The average Bonchev–Trinajstić information content (AvgIpc) is 2.95. The Morgan fingerprint density at radius 3 is 2.31 bits per heavy atom. The van der Waals surface area contributed by atoms with Crippen molar-refractivity contribution in [1.82, 2.24) is 4.90 Å². The minimum absolute atomic E-state index is 0.0468. The molecule has 1 aromatic carbocycles. The van der Waals surface area contributed by atoms with Crippen LogP contribution in [0.4, 0.5) is 13.2 Å². The highest BCUT2D eigenvalue weighted by Gasteiger charge is 2.53. The first-order valence-electron chi connectivity index (χ1n) is 9.25. The van der Waals surface area contributed by atoms with Gasteiger partial charge in [-0.15, -0.1) is 0 Å². The molecule has 3 nitrogen and oxygen atoms in total. The van der Waals surface area contributed by atoms with E-state index in [2.05, 4.69) is 0 Å². The molecule has 1 amide bonds. The highest BCUT2D eigenvalue weighted by atomic mass is 19.4. The van der Waals surface area contributed by atoms with Crippen molar-refractivity contribution in [1.29, 1.82) is 0 Å². The molecule has 4 rings (SSSR count). The van der Waals surface area contributed by atoms with Crippen molar-refractivity contribution in [2.45, 2.75) is 56.7 Å². The Bertz CT molecular complexity index is 697. The zero-order valence-corrected chi connectivity index (χ0v) is 14.9. The standard InChI is InChI=1S/C20H24F3NO2/c1-18(26)8-15(9-18)17(25)24-11-19(12-24)7-6-14(10-19)13-2-4-16(5-3-13)20(21,22)23/h2-5,14-15,26H,6-12H2,1H3/t14-,15-,18+/m0/s1. The van der Waals surface area contributed by atoms with Gasteiger partial charge in [0.2, 0.25) is 5.91 Å². The Morgan fingerprint density at radius 1 is 1.15 bits per heavy atom. The number of rotatable bonds is 2. The van der Waals surface area contributed by atoms with Gasteiger partial charge in [0.25, 0.3) is 0 Å². The SMILES string of the molecule is C[C@]1(O)C[C@@H](C(=O)N2CC3(CC[C@H](c4ccc(C(F)(F)F)cc4)C3)C2)C1. The number of aliphatic hydroxyl groups is 1. The predicted octanol–water partition coefficient (Wildman–Crippen LogP) is 3.96. The molecule has 3 aliphatic rings. The Morgan fingerprint density at radius 2 is 1.77 bits per heavy atom. The van der Waals surface area contributed by atoms with E-state index in [1.807, 2.05) is 4.90 Å². The lowest BCUT2D eigenvalue weighted by atomic mass is 9.69. The minimum Gasteiger partial charge on any atom is -0.390 e. The largest absolute Gasteiger partial charge is 0.416 e. The molecule has 1 spiro atoms. The fourth-order valence-electron chi connectivity index (χ4n) is 5.08. The first-order valence-corrected chi connectivity index (χ1v) is 9.25. The van der Waals surface area contributed by atoms with Crippen LogP contribution < -0.4 is 0 Å². The van der Waals surface area contributed by atoms with Gasteiger partial charge >= 0.3 is 6.18 Å². The second kappa shape index (κ2) is 5.72. The van der Waals surface area contributed by atoms with Crippen LogP contribution >= 0.6 is 0 Å². The average molecular weight is 367 g/mol. The van der Waals surface area contributed by atoms with E-state index >= 15 is 0 Å².